The number of anilines is 1. The van der Waals surface area contributed by atoms with Crippen LogP contribution in [0.4, 0.5) is 5.69 Å². The monoisotopic (exact) mass is 379 g/mol. The van der Waals surface area contributed by atoms with Gasteiger partial charge in [-0.05, 0) is 49.6 Å². The molecule has 1 atom stereocenters. The van der Waals surface area contributed by atoms with E-state index >= 15 is 0 Å². The van der Waals surface area contributed by atoms with E-state index in [1.54, 1.807) is 29.2 Å². The smallest absolute Gasteiger partial charge is 0.253 e. The van der Waals surface area contributed by atoms with E-state index in [1.807, 2.05) is 31.2 Å². The largest absolute Gasteiger partial charge is 0.369 e. The van der Waals surface area contributed by atoms with Gasteiger partial charge in [0.05, 0.1) is 12.3 Å². The number of aryl methyl sites for hydroxylation is 1. The number of nitrogens with zero attached hydrogens (tertiary/aromatic N) is 1. The number of primary amides is 1. The highest BCUT2D eigenvalue weighted by Gasteiger charge is 2.29. The summed E-state index contributed by atoms with van der Waals surface area (Å²) < 4.78 is 0. The maximum absolute atomic E-state index is 12.7. The molecule has 0 radical (unpaired) electrons. The quantitative estimate of drug-likeness (QED) is 0.836. The Morgan fingerprint density at radius 2 is 1.75 bits per heavy atom. The summed E-state index contributed by atoms with van der Waals surface area (Å²) in [5.41, 5.74) is 8.41. The van der Waals surface area contributed by atoms with Crippen LogP contribution in [0.3, 0.4) is 0 Å². The number of amides is 3. The van der Waals surface area contributed by atoms with Crippen LogP contribution in [0.2, 0.25) is 0 Å². The third kappa shape index (κ3) is 4.97. The number of nitrogens with two attached hydrogens (primary N) is 1. The van der Waals surface area contributed by atoms with Gasteiger partial charge in [0.2, 0.25) is 11.8 Å². The zero-order valence-electron chi connectivity index (χ0n) is 16.0. The van der Waals surface area contributed by atoms with Crippen molar-refractivity contribution in [2.75, 3.05) is 18.4 Å². The second-order valence-corrected chi connectivity index (χ2v) is 7.29. The molecule has 3 rings (SSSR count). The van der Waals surface area contributed by atoms with E-state index in [9.17, 15) is 14.4 Å². The number of benzene rings is 2. The van der Waals surface area contributed by atoms with Crippen molar-refractivity contribution in [3.8, 4) is 0 Å². The second-order valence-electron chi connectivity index (χ2n) is 7.29. The Kier molecular flexibility index (Phi) is 6.09. The lowest BCUT2D eigenvalue weighted by Gasteiger charge is -2.32. The number of piperidine rings is 1. The number of hydrogen-bond donors (Lipinski definition) is 2. The number of carbonyl (C=O) groups is 3. The van der Waals surface area contributed by atoms with Crippen molar-refractivity contribution in [3.05, 3.63) is 65.2 Å². The molecule has 6 heteroatoms. The molecule has 146 valence electrons. The molecule has 1 heterocycles. The van der Waals surface area contributed by atoms with Crippen LogP contribution < -0.4 is 11.1 Å². The highest BCUT2D eigenvalue weighted by atomic mass is 16.2. The van der Waals surface area contributed by atoms with Crippen molar-refractivity contribution in [3.63, 3.8) is 0 Å². The van der Waals surface area contributed by atoms with Crippen LogP contribution in [0, 0.1) is 12.8 Å². The standard InChI is InChI=1S/C22H25N3O3/c1-15-4-8-17(9-5-15)22(28)25-12-2-3-18(14-25)21(27)24-19-10-6-16(7-11-19)13-20(23)26/h4-11,18H,2-3,12-14H2,1H3,(H2,23,26)(H,24,27). The fraction of sp³-hybridized carbons (Fsp3) is 0.318. The van der Waals surface area contributed by atoms with Gasteiger partial charge in [-0.15, -0.1) is 0 Å². The van der Waals surface area contributed by atoms with Gasteiger partial charge in [-0.25, -0.2) is 0 Å². The summed E-state index contributed by atoms with van der Waals surface area (Å²) in [7, 11) is 0. The highest BCUT2D eigenvalue weighted by Crippen LogP contribution is 2.21. The fourth-order valence-corrected chi connectivity index (χ4v) is 3.41. The molecule has 3 amide bonds. The number of hydrogen-bond acceptors (Lipinski definition) is 3. The number of nitrogens with one attached hydrogen (secondary N) is 1. The van der Waals surface area contributed by atoms with Crippen LogP contribution in [-0.2, 0) is 16.0 Å². The lowest BCUT2D eigenvalue weighted by atomic mass is 9.96. The van der Waals surface area contributed by atoms with Gasteiger partial charge in [0.1, 0.15) is 0 Å². The Balaban J connectivity index is 1.60. The molecule has 0 spiro atoms. The number of rotatable bonds is 5. The lowest BCUT2D eigenvalue weighted by molar-refractivity contribution is -0.121. The predicted molar refractivity (Wildman–Crippen MR) is 108 cm³/mol. The minimum absolute atomic E-state index is 0.0340. The summed E-state index contributed by atoms with van der Waals surface area (Å²) in [6, 6.07) is 14.6. The third-order valence-corrected chi connectivity index (χ3v) is 4.98. The zero-order chi connectivity index (χ0) is 20.1. The molecular weight excluding hydrogens is 354 g/mol. The minimum atomic E-state index is -0.391. The summed E-state index contributed by atoms with van der Waals surface area (Å²) in [6.07, 6.45) is 1.73. The molecule has 3 N–H and O–H groups in total. The highest BCUT2D eigenvalue weighted by molar-refractivity contribution is 5.96. The Bertz CT molecular complexity index is 860. The first kappa shape index (κ1) is 19.6. The predicted octanol–water partition coefficient (Wildman–Crippen LogP) is 2.51. The molecule has 2 aromatic carbocycles. The summed E-state index contributed by atoms with van der Waals surface area (Å²) in [6.45, 7) is 3.06. The normalized spacial score (nSPS) is 16.5. The summed E-state index contributed by atoms with van der Waals surface area (Å²) >= 11 is 0. The van der Waals surface area contributed by atoms with Gasteiger partial charge < -0.3 is 16.0 Å². The van der Waals surface area contributed by atoms with Crippen LogP contribution in [0.25, 0.3) is 0 Å². The van der Waals surface area contributed by atoms with Crippen LogP contribution in [0.5, 0.6) is 0 Å². The van der Waals surface area contributed by atoms with Crippen LogP contribution in [-0.4, -0.2) is 35.7 Å². The van der Waals surface area contributed by atoms with E-state index in [2.05, 4.69) is 5.32 Å². The van der Waals surface area contributed by atoms with Gasteiger partial charge in [-0.1, -0.05) is 29.8 Å². The third-order valence-electron chi connectivity index (χ3n) is 4.98. The van der Waals surface area contributed by atoms with E-state index in [0.717, 1.165) is 24.0 Å². The zero-order valence-corrected chi connectivity index (χ0v) is 16.0. The molecule has 0 aliphatic carbocycles. The van der Waals surface area contributed by atoms with Gasteiger partial charge in [-0.2, -0.15) is 0 Å². The molecule has 1 saturated heterocycles. The Labute approximate surface area is 164 Å². The van der Waals surface area contributed by atoms with Crippen molar-refractivity contribution in [2.45, 2.75) is 26.2 Å². The first-order valence-corrected chi connectivity index (χ1v) is 9.46. The van der Waals surface area contributed by atoms with Gasteiger partial charge in [0.25, 0.3) is 5.91 Å². The van der Waals surface area contributed by atoms with Crippen molar-refractivity contribution < 1.29 is 14.4 Å². The molecular formula is C22H25N3O3. The van der Waals surface area contributed by atoms with Gasteiger partial charge >= 0.3 is 0 Å². The summed E-state index contributed by atoms with van der Waals surface area (Å²) in [5.74, 6) is -0.761. The van der Waals surface area contributed by atoms with E-state index in [-0.39, 0.29) is 24.2 Å². The van der Waals surface area contributed by atoms with Crippen LogP contribution in [0.15, 0.2) is 48.5 Å². The molecule has 28 heavy (non-hydrogen) atoms. The van der Waals surface area contributed by atoms with Crippen molar-refractivity contribution >= 4 is 23.4 Å². The first-order chi connectivity index (χ1) is 13.4. The lowest BCUT2D eigenvalue weighted by Crippen LogP contribution is -2.43. The topological polar surface area (TPSA) is 92.5 Å². The minimum Gasteiger partial charge on any atom is -0.369 e. The van der Waals surface area contributed by atoms with Gasteiger partial charge in [-0.3, -0.25) is 14.4 Å². The van der Waals surface area contributed by atoms with Crippen molar-refractivity contribution in [1.82, 2.24) is 4.90 Å². The van der Waals surface area contributed by atoms with Gasteiger partial charge in [0, 0.05) is 24.3 Å². The Morgan fingerprint density at radius 3 is 2.39 bits per heavy atom. The van der Waals surface area contributed by atoms with E-state index in [0.29, 0.717) is 24.3 Å². The molecule has 1 fully saturated rings. The molecule has 1 unspecified atom stereocenters. The maximum atomic E-state index is 12.7. The number of carbonyl (C=O) groups excluding carboxylic acids is 3. The van der Waals surface area contributed by atoms with E-state index in [4.69, 9.17) is 5.73 Å². The van der Waals surface area contributed by atoms with E-state index in [1.165, 1.54) is 0 Å². The molecule has 0 aromatic heterocycles. The van der Waals surface area contributed by atoms with Gasteiger partial charge in [0.15, 0.2) is 0 Å². The molecule has 2 aromatic rings. The van der Waals surface area contributed by atoms with Crippen LogP contribution >= 0.6 is 0 Å². The summed E-state index contributed by atoms with van der Waals surface area (Å²) in [5, 5.41) is 2.91. The molecule has 1 aliphatic rings. The maximum Gasteiger partial charge on any atom is 0.253 e. The molecule has 0 bridgehead atoms. The Morgan fingerprint density at radius 1 is 1.07 bits per heavy atom. The SMILES string of the molecule is Cc1ccc(C(=O)N2CCCC(C(=O)Nc3ccc(CC(N)=O)cc3)C2)cc1. The van der Waals surface area contributed by atoms with Crippen LogP contribution in [0.1, 0.15) is 34.3 Å². The fourth-order valence-electron chi connectivity index (χ4n) is 3.41. The van der Waals surface area contributed by atoms with E-state index < -0.39 is 5.91 Å². The summed E-state index contributed by atoms with van der Waals surface area (Å²) in [4.78, 5) is 38.1. The molecule has 1 aliphatic heterocycles. The molecule has 0 saturated carbocycles. The second kappa shape index (κ2) is 8.69. The average molecular weight is 379 g/mol. The average Bonchev–Trinajstić information content (AvgIpc) is 2.69. The molecule has 6 nitrogen and oxygen atoms in total. The number of likely N-dealkylation sites (tertiary alicyclic amines) is 1. The van der Waals surface area contributed by atoms with Crippen molar-refractivity contribution in [1.29, 1.82) is 0 Å². The Hall–Kier alpha value is -3.15. The first-order valence-electron chi connectivity index (χ1n) is 9.46. The van der Waals surface area contributed by atoms with Crippen molar-refractivity contribution in [2.24, 2.45) is 11.7 Å².